The van der Waals surface area contributed by atoms with Crippen LogP contribution >= 0.6 is 0 Å². The maximum atomic E-state index is 13.8. The first-order chi connectivity index (χ1) is 9.76. The Morgan fingerprint density at radius 1 is 1.33 bits per heavy atom. The number of rotatable bonds is 5. The van der Waals surface area contributed by atoms with Gasteiger partial charge in [0.05, 0.1) is 17.0 Å². The van der Waals surface area contributed by atoms with Crippen molar-refractivity contribution in [2.75, 3.05) is 6.54 Å². The second-order valence-electron chi connectivity index (χ2n) is 5.30. The Balaban J connectivity index is 2.97. The molecule has 0 radical (unpaired) electrons. The van der Waals surface area contributed by atoms with E-state index in [-0.39, 0.29) is 23.0 Å². The van der Waals surface area contributed by atoms with Crippen molar-refractivity contribution in [3.63, 3.8) is 0 Å². The topological polar surface area (TPSA) is 72.2 Å². The van der Waals surface area contributed by atoms with Gasteiger partial charge in [-0.05, 0) is 37.5 Å². The molecule has 0 saturated heterocycles. The average Bonchev–Trinajstić information content (AvgIpc) is 2.35. The minimum atomic E-state index is -3.73. The Morgan fingerprint density at radius 3 is 2.52 bits per heavy atom. The molecule has 0 aliphatic carbocycles. The van der Waals surface area contributed by atoms with Crippen molar-refractivity contribution in [2.45, 2.75) is 38.1 Å². The highest BCUT2D eigenvalue weighted by Crippen LogP contribution is 2.16. The third kappa shape index (κ3) is 5.46. The number of hydrogen-bond donors (Lipinski definition) is 2. The number of halogens is 1. The lowest BCUT2D eigenvalue weighted by molar-refractivity contribution is 0.482. The number of nitrogens with two attached hydrogens (primary N) is 1. The predicted molar refractivity (Wildman–Crippen MR) is 81.6 cm³/mol. The van der Waals surface area contributed by atoms with E-state index in [2.05, 4.69) is 16.6 Å². The zero-order chi connectivity index (χ0) is 16.0. The Labute approximate surface area is 126 Å². The average molecular weight is 312 g/mol. The van der Waals surface area contributed by atoms with Crippen molar-refractivity contribution in [3.8, 4) is 11.8 Å². The van der Waals surface area contributed by atoms with Crippen LogP contribution in [-0.2, 0) is 10.0 Å². The van der Waals surface area contributed by atoms with Gasteiger partial charge in [-0.1, -0.05) is 25.7 Å². The van der Waals surface area contributed by atoms with Gasteiger partial charge in [-0.2, -0.15) is 0 Å². The van der Waals surface area contributed by atoms with Crippen molar-refractivity contribution < 1.29 is 12.8 Å². The summed E-state index contributed by atoms with van der Waals surface area (Å²) >= 11 is 0. The van der Waals surface area contributed by atoms with E-state index in [0.717, 1.165) is 6.07 Å². The molecule has 0 aliphatic heterocycles. The van der Waals surface area contributed by atoms with Crippen LogP contribution in [0.1, 0.15) is 32.8 Å². The summed E-state index contributed by atoms with van der Waals surface area (Å²) in [5.41, 5.74) is 5.35. The molecule has 0 heterocycles. The smallest absolute Gasteiger partial charge is 0.240 e. The SMILES string of the molecule is CC(C)CC(C)NS(=O)(=O)c1ccc(C#CCN)c(F)c1. The fourth-order valence-corrected chi connectivity index (χ4v) is 3.27. The van der Waals surface area contributed by atoms with Gasteiger partial charge >= 0.3 is 0 Å². The van der Waals surface area contributed by atoms with Gasteiger partial charge in [0.15, 0.2) is 0 Å². The molecule has 0 saturated carbocycles. The highest BCUT2D eigenvalue weighted by atomic mass is 32.2. The fraction of sp³-hybridized carbons (Fsp3) is 0.467. The first-order valence-corrected chi connectivity index (χ1v) is 8.25. The van der Waals surface area contributed by atoms with Crippen LogP contribution in [0.4, 0.5) is 4.39 Å². The molecule has 1 aromatic rings. The molecular weight excluding hydrogens is 291 g/mol. The quantitative estimate of drug-likeness (QED) is 0.815. The molecule has 21 heavy (non-hydrogen) atoms. The molecule has 6 heteroatoms. The van der Waals surface area contributed by atoms with E-state index < -0.39 is 15.8 Å². The lowest BCUT2D eigenvalue weighted by Gasteiger charge is -2.16. The molecule has 0 amide bonds. The van der Waals surface area contributed by atoms with Crippen molar-refractivity contribution in [1.29, 1.82) is 0 Å². The summed E-state index contributed by atoms with van der Waals surface area (Å²) in [6.07, 6.45) is 0.710. The van der Waals surface area contributed by atoms with Gasteiger partial charge in [-0.3, -0.25) is 0 Å². The standard InChI is InChI=1S/C15H21FN2O2S/c1-11(2)9-12(3)18-21(19,20)14-7-6-13(5-4-8-17)15(16)10-14/h6-7,10-12,18H,8-9,17H2,1-3H3. The van der Waals surface area contributed by atoms with Gasteiger partial charge in [-0.15, -0.1) is 0 Å². The van der Waals surface area contributed by atoms with E-state index in [4.69, 9.17) is 5.73 Å². The minimum absolute atomic E-state index is 0.103. The predicted octanol–water partition coefficient (Wildman–Crippen LogP) is 1.85. The Bertz CT molecular complexity index is 645. The van der Waals surface area contributed by atoms with Gasteiger partial charge in [-0.25, -0.2) is 17.5 Å². The maximum absolute atomic E-state index is 13.8. The molecular formula is C15H21FN2O2S. The van der Waals surface area contributed by atoms with Gasteiger partial charge in [0, 0.05) is 6.04 Å². The molecule has 116 valence electrons. The molecule has 1 aromatic carbocycles. The van der Waals surface area contributed by atoms with Crippen molar-refractivity contribution in [3.05, 3.63) is 29.6 Å². The Morgan fingerprint density at radius 2 is 2.00 bits per heavy atom. The van der Waals surface area contributed by atoms with Gasteiger partial charge in [0.1, 0.15) is 5.82 Å². The summed E-state index contributed by atoms with van der Waals surface area (Å²) in [6.45, 7) is 5.92. The molecule has 0 aliphatic rings. The second kappa shape index (κ2) is 7.55. The van der Waals surface area contributed by atoms with E-state index in [1.807, 2.05) is 13.8 Å². The summed E-state index contributed by atoms with van der Waals surface area (Å²) < 4.78 is 40.7. The number of benzene rings is 1. The summed E-state index contributed by atoms with van der Waals surface area (Å²) in [5, 5.41) is 0. The van der Waals surface area contributed by atoms with Crippen LogP contribution < -0.4 is 10.5 Å². The lowest BCUT2D eigenvalue weighted by Crippen LogP contribution is -2.33. The van der Waals surface area contributed by atoms with Crippen LogP contribution in [0, 0.1) is 23.6 Å². The lowest BCUT2D eigenvalue weighted by atomic mass is 10.1. The van der Waals surface area contributed by atoms with Crippen LogP contribution in [0.15, 0.2) is 23.1 Å². The van der Waals surface area contributed by atoms with Crippen LogP contribution in [0.2, 0.25) is 0 Å². The molecule has 3 N–H and O–H groups in total. The third-order valence-electron chi connectivity index (χ3n) is 2.76. The molecule has 0 bridgehead atoms. The summed E-state index contributed by atoms with van der Waals surface area (Å²) in [7, 11) is -3.73. The summed E-state index contributed by atoms with van der Waals surface area (Å²) in [4.78, 5) is -0.103. The van der Waals surface area contributed by atoms with Crippen LogP contribution in [0.5, 0.6) is 0 Å². The Hall–Kier alpha value is -1.42. The summed E-state index contributed by atoms with van der Waals surface area (Å²) in [6, 6.07) is 3.45. The van der Waals surface area contributed by atoms with Gasteiger partial charge in [0.25, 0.3) is 0 Å². The molecule has 1 unspecified atom stereocenters. The molecule has 0 aromatic heterocycles. The Kier molecular flexibility index (Phi) is 6.34. The monoisotopic (exact) mass is 312 g/mol. The largest absolute Gasteiger partial charge is 0.320 e. The minimum Gasteiger partial charge on any atom is -0.320 e. The highest BCUT2D eigenvalue weighted by molar-refractivity contribution is 7.89. The van der Waals surface area contributed by atoms with Crippen molar-refractivity contribution in [2.24, 2.45) is 11.7 Å². The molecule has 1 atom stereocenters. The molecule has 0 spiro atoms. The van der Waals surface area contributed by atoms with E-state index in [0.29, 0.717) is 12.3 Å². The molecule has 0 fully saturated rings. The van der Waals surface area contributed by atoms with Crippen LogP contribution in [0.25, 0.3) is 0 Å². The number of nitrogens with one attached hydrogen (secondary N) is 1. The fourth-order valence-electron chi connectivity index (χ4n) is 2.00. The van der Waals surface area contributed by atoms with E-state index in [9.17, 15) is 12.8 Å². The normalized spacial score (nSPS) is 12.9. The highest BCUT2D eigenvalue weighted by Gasteiger charge is 2.19. The zero-order valence-corrected chi connectivity index (χ0v) is 13.3. The van der Waals surface area contributed by atoms with Crippen LogP contribution in [-0.4, -0.2) is 21.0 Å². The van der Waals surface area contributed by atoms with E-state index in [1.165, 1.54) is 12.1 Å². The summed E-state index contributed by atoms with van der Waals surface area (Å²) in [5.74, 6) is 4.78. The zero-order valence-electron chi connectivity index (χ0n) is 12.5. The van der Waals surface area contributed by atoms with E-state index >= 15 is 0 Å². The number of hydrogen-bond acceptors (Lipinski definition) is 3. The van der Waals surface area contributed by atoms with Crippen molar-refractivity contribution >= 4 is 10.0 Å². The molecule has 4 nitrogen and oxygen atoms in total. The first kappa shape index (κ1) is 17.6. The van der Waals surface area contributed by atoms with E-state index in [1.54, 1.807) is 6.92 Å². The first-order valence-electron chi connectivity index (χ1n) is 6.77. The number of sulfonamides is 1. The molecule has 1 rings (SSSR count). The van der Waals surface area contributed by atoms with Gasteiger partial charge < -0.3 is 5.73 Å². The van der Waals surface area contributed by atoms with Crippen LogP contribution in [0.3, 0.4) is 0 Å². The van der Waals surface area contributed by atoms with Gasteiger partial charge in [0.2, 0.25) is 10.0 Å². The van der Waals surface area contributed by atoms with Crippen molar-refractivity contribution in [1.82, 2.24) is 4.72 Å². The second-order valence-corrected chi connectivity index (χ2v) is 7.01. The third-order valence-corrected chi connectivity index (χ3v) is 4.34. The maximum Gasteiger partial charge on any atom is 0.240 e.